The first-order valence-corrected chi connectivity index (χ1v) is 6.36. The lowest BCUT2D eigenvalue weighted by atomic mass is 10.0. The van der Waals surface area contributed by atoms with Crippen molar-refractivity contribution in [3.05, 3.63) is 34.5 Å². The maximum atomic E-state index is 3.64. The molecule has 0 atom stereocenters. The summed E-state index contributed by atoms with van der Waals surface area (Å²) in [6, 6.07) is 4.60. The number of nitrogens with one attached hydrogen (secondary N) is 1. The molecule has 1 heteroatoms. The van der Waals surface area contributed by atoms with Crippen molar-refractivity contribution in [2.75, 3.05) is 0 Å². The van der Waals surface area contributed by atoms with Crippen LogP contribution < -0.4 is 0 Å². The molecule has 0 amide bonds. The Morgan fingerprint density at radius 1 is 1.00 bits per heavy atom. The van der Waals surface area contributed by atoms with Crippen molar-refractivity contribution in [2.24, 2.45) is 0 Å². The van der Waals surface area contributed by atoms with Crippen molar-refractivity contribution in [1.29, 1.82) is 0 Å². The van der Waals surface area contributed by atoms with E-state index in [1.54, 1.807) is 5.56 Å². The van der Waals surface area contributed by atoms with Gasteiger partial charge < -0.3 is 4.98 Å². The van der Waals surface area contributed by atoms with E-state index in [2.05, 4.69) is 31.0 Å². The fraction of sp³-hybridized carbons (Fsp3) is 0.467. The second-order valence-corrected chi connectivity index (χ2v) is 5.15. The van der Waals surface area contributed by atoms with Crippen molar-refractivity contribution < 1.29 is 0 Å². The van der Waals surface area contributed by atoms with Gasteiger partial charge in [0.1, 0.15) is 0 Å². The van der Waals surface area contributed by atoms with Crippen LogP contribution in [0.25, 0.3) is 10.9 Å². The van der Waals surface area contributed by atoms with Crippen molar-refractivity contribution >= 4 is 10.9 Å². The van der Waals surface area contributed by atoms with Crippen LogP contribution >= 0.6 is 0 Å². The van der Waals surface area contributed by atoms with Crippen LogP contribution in [0.1, 0.15) is 41.6 Å². The first-order valence-electron chi connectivity index (χ1n) is 6.36. The predicted octanol–water partition coefficient (Wildman–Crippen LogP) is 4.05. The fourth-order valence-electron chi connectivity index (χ4n) is 3.13. The maximum Gasteiger partial charge on any atom is 0.0464 e. The first kappa shape index (κ1) is 9.95. The Labute approximate surface area is 96.9 Å². The third kappa shape index (κ3) is 1.46. The number of H-pyrrole nitrogens is 1. The van der Waals surface area contributed by atoms with Gasteiger partial charge in [0, 0.05) is 16.6 Å². The van der Waals surface area contributed by atoms with Crippen molar-refractivity contribution in [2.45, 2.75) is 46.0 Å². The van der Waals surface area contributed by atoms with Crippen LogP contribution in [0.4, 0.5) is 0 Å². The second-order valence-electron chi connectivity index (χ2n) is 5.15. The minimum Gasteiger partial charge on any atom is -0.358 e. The molecule has 16 heavy (non-hydrogen) atoms. The van der Waals surface area contributed by atoms with Crippen LogP contribution in [-0.2, 0) is 12.8 Å². The van der Waals surface area contributed by atoms with E-state index in [9.17, 15) is 0 Å². The Hall–Kier alpha value is -1.24. The highest BCUT2D eigenvalue weighted by molar-refractivity contribution is 5.88. The van der Waals surface area contributed by atoms with Gasteiger partial charge >= 0.3 is 0 Å². The topological polar surface area (TPSA) is 15.8 Å². The number of fused-ring (bicyclic) bond motifs is 3. The zero-order valence-corrected chi connectivity index (χ0v) is 10.2. The quantitative estimate of drug-likeness (QED) is 0.635. The van der Waals surface area contributed by atoms with Crippen LogP contribution in [-0.4, -0.2) is 4.98 Å². The summed E-state index contributed by atoms with van der Waals surface area (Å²) in [5, 5.41) is 1.50. The molecule has 2 aromatic rings. The van der Waals surface area contributed by atoms with Gasteiger partial charge in [0.25, 0.3) is 0 Å². The van der Waals surface area contributed by atoms with Gasteiger partial charge in [-0.2, -0.15) is 0 Å². The standard InChI is InChI=1S/C15H19N/c1-10-8-11(2)15-12-6-4-3-5-7-13(12)16-14(15)9-10/h8-9,16H,3-7H2,1-2H3. The lowest BCUT2D eigenvalue weighted by Gasteiger charge is -2.03. The molecule has 0 radical (unpaired) electrons. The number of hydrogen-bond donors (Lipinski definition) is 1. The summed E-state index contributed by atoms with van der Waals surface area (Å²) >= 11 is 0. The molecule has 1 N–H and O–H groups in total. The van der Waals surface area contributed by atoms with Gasteiger partial charge in [-0.3, -0.25) is 0 Å². The van der Waals surface area contributed by atoms with E-state index in [0.29, 0.717) is 0 Å². The minimum absolute atomic E-state index is 1.24. The van der Waals surface area contributed by atoms with Crippen molar-refractivity contribution in [1.82, 2.24) is 4.98 Å². The number of benzene rings is 1. The van der Waals surface area contributed by atoms with Crippen LogP contribution in [0.3, 0.4) is 0 Å². The van der Waals surface area contributed by atoms with Crippen molar-refractivity contribution in [3.8, 4) is 0 Å². The van der Waals surface area contributed by atoms with Gasteiger partial charge in [0.2, 0.25) is 0 Å². The number of aromatic nitrogens is 1. The molecule has 1 heterocycles. The highest BCUT2D eigenvalue weighted by Gasteiger charge is 2.15. The highest BCUT2D eigenvalue weighted by atomic mass is 14.7. The Bertz CT molecular complexity index is 534. The van der Waals surface area contributed by atoms with Gasteiger partial charge in [0.05, 0.1) is 0 Å². The summed E-state index contributed by atoms with van der Waals surface area (Å²) in [5.41, 5.74) is 7.26. The maximum absolute atomic E-state index is 3.64. The Balaban J connectivity index is 2.29. The summed E-state index contributed by atoms with van der Waals surface area (Å²) in [6.45, 7) is 4.42. The molecule has 0 bridgehead atoms. The molecular formula is C15H19N. The van der Waals surface area contributed by atoms with E-state index in [4.69, 9.17) is 0 Å². The molecule has 3 rings (SSSR count). The largest absolute Gasteiger partial charge is 0.358 e. The molecular weight excluding hydrogens is 194 g/mol. The first-order chi connectivity index (χ1) is 7.75. The number of rotatable bonds is 0. The number of aryl methyl sites for hydroxylation is 4. The Morgan fingerprint density at radius 2 is 1.81 bits per heavy atom. The van der Waals surface area contributed by atoms with E-state index in [-0.39, 0.29) is 0 Å². The molecule has 0 unspecified atom stereocenters. The van der Waals surface area contributed by atoms with Crippen molar-refractivity contribution in [3.63, 3.8) is 0 Å². The smallest absolute Gasteiger partial charge is 0.0464 e. The van der Waals surface area contributed by atoms with Crippen LogP contribution in [0, 0.1) is 13.8 Å². The van der Waals surface area contributed by atoms with Crippen LogP contribution in [0.5, 0.6) is 0 Å². The van der Waals surface area contributed by atoms with E-state index < -0.39 is 0 Å². The summed E-state index contributed by atoms with van der Waals surface area (Å²) in [6.07, 6.45) is 6.59. The number of hydrogen-bond acceptors (Lipinski definition) is 0. The molecule has 0 spiro atoms. The van der Waals surface area contributed by atoms with E-state index in [1.165, 1.54) is 59.8 Å². The average molecular weight is 213 g/mol. The predicted molar refractivity (Wildman–Crippen MR) is 69.0 cm³/mol. The van der Waals surface area contributed by atoms with E-state index in [1.807, 2.05) is 0 Å². The summed E-state index contributed by atoms with van der Waals surface area (Å²) in [7, 11) is 0. The Morgan fingerprint density at radius 3 is 2.69 bits per heavy atom. The normalized spacial score (nSPS) is 16.1. The average Bonchev–Trinajstić information content (AvgIpc) is 2.42. The van der Waals surface area contributed by atoms with Gasteiger partial charge in [-0.05, 0) is 62.3 Å². The van der Waals surface area contributed by atoms with Gasteiger partial charge in [0.15, 0.2) is 0 Å². The highest BCUT2D eigenvalue weighted by Crippen LogP contribution is 2.31. The lowest BCUT2D eigenvalue weighted by molar-refractivity contribution is 0.708. The third-order valence-electron chi connectivity index (χ3n) is 3.79. The SMILES string of the molecule is Cc1cc(C)c2c3c([nH]c2c1)CCCCC3. The van der Waals surface area contributed by atoms with E-state index >= 15 is 0 Å². The summed E-state index contributed by atoms with van der Waals surface area (Å²) in [4.78, 5) is 3.64. The number of aromatic amines is 1. The molecule has 84 valence electrons. The molecule has 1 aliphatic carbocycles. The molecule has 0 saturated carbocycles. The molecule has 0 fully saturated rings. The summed E-state index contributed by atoms with van der Waals surface area (Å²) < 4.78 is 0. The lowest BCUT2D eigenvalue weighted by Crippen LogP contribution is -1.87. The molecule has 1 aromatic heterocycles. The molecule has 1 nitrogen and oxygen atoms in total. The monoisotopic (exact) mass is 213 g/mol. The fourth-order valence-corrected chi connectivity index (χ4v) is 3.13. The zero-order chi connectivity index (χ0) is 11.1. The van der Waals surface area contributed by atoms with E-state index in [0.717, 1.165) is 0 Å². The molecule has 1 aromatic carbocycles. The second kappa shape index (κ2) is 3.65. The molecule has 0 aliphatic heterocycles. The minimum atomic E-state index is 1.24. The molecule has 1 aliphatic rings. The van der Waals surface area contributed by atoms with Crippen LogP contribution in [0.2, 0.25) is 0 Å². The van der Waals surface area contributed by atoms with Gasteiger partial charge in [-0.25, -0.2) is 0 Å². The summed E-state index contributed by atoms with van der Waals surface area (Å²) in [5.74, 6) is 0. The van der Waals surface area contributed by atoms with Gasteiger partial charge in [-0.15, -0.1) is 0 Å². The molecule has 0 saturated heterocycles. The van der Waals surface area contributed by atoms with Gasteiger partial charge in [-0.1, -0.05) is 12.5 Å². The zero-order valence-electron chi connectivity index (χ0n) is 10.2. The van der Waals surface area contributed by atoms with Crippen LogP contribution in [0.15, 0.2) is 12.1 Å². The third-order valence-corrected chi connectivity index (χ3v) is 3.79. The Kier molecular flexibility index (Phi) is 2.27.